The monoisotopic (exact) mass is 337 g/mol. The summed E-state index contributed by atoms with van der Waals surface area (Å²) in [6.07, 6.45) is 0. The fourth-order valence-electron chi connectivity index (χ4n) is 1.10. The van der Waals surface area contributed by atoms with Crippen molar-refractivity contribution >= 4 is 43.5 Å². The zero-order valence-corrected chi connectivity index (χ0v) is 11.0. The van der Waals surface area contributed by atoms with E-state index in [1.807, 2.05) is 0 Å². The molecular formula is C9H9Br2NO3. The summed E-state index contributed by atoms with van der Waals surface area (Å²) in [7, 11) is 0. The van der Waals surface area contributed by atoms with Crippen LogP contribution in [0.1, 0.15) is 12.5 Å². The van der Waals surface area contributed by atoms with Gasteiger partial charge in [-0.15, -0.1) is 0 Å². The van der Waals surface area contributed by atoms with Gasteiger partial charge in [0.1, 0.15) is 10.1 Å². The Balaban J connectivity index is 3.38. The van der Waals surface area contributed by atoms with Crippen molar-refractivity contribution in [1.29, 1.82) is 0 Å². The molecule has 0 saturated heterocycles. The lowest BCUT2D eigenvalue weighted by atomic mass is 9.99. The number of rotatable bonds is 2. The van der Waals surface area contributed by atoms with Crippen molar-refractivity contribution in [3.8, 4) is 5.75 Å². The number of hydrogen-bond donors (Lipinski definition) is 3. The topological polar surface area (TPSA) is 83.5 Å². The number of aliphatic carboxylic acids is 1. The number of benzene rings is 1. The van der Waals surface area contributed by atoms with Crippen LogP contribution in [-0.2, 0) is 9.12 Å². The molecule has 4 nitrogen and oxygen atoms in total. The Labute approximate surface area is 103 Å². The second kappa shape index (κ2) is 4.02. The molecule has 15 heavy (non-hydrogen) atoms. The number of hydrogen-bond acceptors (Lipinski definition) is 3. The predicted octanol–water partition coefficient (Wildman–Crippen LogP) is 2.43. The zero-order valence-electron chi connectivity index (χ0n) is 7.79. The number of phenols is 1. The van der Waals surface area contributed by atoms with E-state index in [0.717, 1.165) is 0 Å². The third-order valence-electron chi connectivity index (χ3n) is 2.03. The molecule has 0 fully saturated rings. The molecule has 0 heterocycles. The third kappa shape index (κ3) is 2.26. The van der Waals surface area contributed by atoms with Crippen molar-refractivity contribution in [3.05, 3.63) is 22.2 Å². The molecule has 0 aliphatic heterocycles. The summed E-state index contributed by atoms with van der Waals surface area (Å²) in [5.74, 6) is -1.12. The van der Waals surface area contributed by atoms with Crippen LogP contribution in [-0.4, -0.2) is 16.2 Å². The highest BCUT2D eigenvalue weighted by atomic mass is 79.9. The molecule has 4 N–H and O–H groups in total. The molecule has 1 aromatic rings. The fraction of sp³-hybridized carbons (Fsp3) is 0.222. The Morgan fingerprint density at radius 2 is 2.07 bits per heavy atom. The Morgan fingerprint density at radius 1 is 1.53 bits per heavy atom. The van der Waals surface area contributed by atoms with Gasteiger partial charge in [0.15, 0.2) is 0 Å². The van der Waals surface area contributed by atoms with Gasteiger partial charge < -0.3 is 15.9 Å². The molecule has 6 heteroatoms. The molecule has 0 aromatic heterocycles. The summed E-state index contributed by atoms with van der Waals surface area (Å²) in [5.41, 5.74) is 6.29. The van der Waals surface area contributed by atoms with Gasteiger partial charge in [-0.2, -0.15) is 0 Å². The van der Waals surface area contributed by atoms with E-state index in [0.29, 0.717) is 15.7 Å². The van der Waals surface area contributed by atoms with Crippen LogP contribution in [0.5, 0.6) is 5.75 Å². The quantitative estimate of drug-likeness (QED) is 0.439. The van der Waals surface area contributed by atoms with Gasteiger partial charge in [-0.05, 0) is 35.0 Å². The number of anilines is 1. The number of phenolic OH excluding ortho intramolecular Hbond substituents is 1. The molecule has 0 spiro atoms. The number of halogens is 2. The number of aromatic hydroxyl groups is 1. The molecule has 1 aromatic carbocycles. The van der Waals surface area contributed by atoms with E-state index in [4.69, 9.17) is 10.8 Å². The van der Waals surface area contributed by atoms with Gasteiger partial charge in [-0.1, -0.05) is 15.9 Å². The van der Waals surface area contributed by atoms with E-state index in [-0.39, 0.29) is 5.75 Å². The Morgan fingerprint density at radius 3 is 2.53 bits per heavy atom. The number of alkyl halides is 1. The third-order valence-corrected chi connectivity index (χ3v) is 3.43. The Bertz CT molecular complexity index is 418. The average molecular weight is 339 g/mol. The Hall–Kier alpha value is -0.750. The van der Waals surface area contributed by atoms with Gasteiger partial charge in [-0.3, -0.25) is 4.79 Å². The molecule has 0 radical (unpaired) electrons. The smallest absolute Gasteiger partial charge is 0.324 e. The first-order valence-electron chi connectivity index (χ1n) is 3.97. The van der Waals surface area contributed by atoms with Crippen LogP contribution in [0.25, 0.3) is 0 Å². The predicted molar refractivity (Wildman–Crippen MR) is 64.1 cm³/mol. The maximum absolute atomic E-state index is 11.0. The molecule has 1 rings (SSSR count). The van der Waals surface area contributed by atoms with Crippen LogP contribution in [0, 0.1) is 0 Å². The molecule has 0 saturated carbocycles. The van der Waals surface area contributed by atoms with Gasteiger partial charge in [0.25, 0.3) is 0 Å². The minimum absolute atomic E-state index is 0.0499. The van der Waals surface area contributed by atoms with E-state index >= 15 is 0 Å². The number of carboxylic acids is 1. The summed E-state index contributed by atoms with van der Waals surface area (Å²) in [5, 5.41) is 18.4. The van der Waals surface area contributed by atoms with Crippen molar-refractivity contribution in [2.24, 2.45) is 0 Å². The summed E-state index contributed by atoms with van der Waals surface area (Å²) in [6, 6.07) is 2.79. The van der Waals surface area contributed by atoms with Gasteiger partial charge >= 0.3 is 5.97 Å². The van der Waals surface area contributed by atoms with Crippen molar-refractivity contribution in [2.45, 2.75) is 11.2 Å². The minimum atomic E-state index is -1.31. The van der Waals surface area contributed by atoms with Crippen molar-refractivity contribution in [1.82, 2.24) is 0 Å². The first-order chi connectivity index (χ1) is 6.76. The lowest BCUT2D eigenvalue weighted by Crippen LogP contribution is -2.26. The van der Waals surface area contributed by atoms with Crippen LogP contribution < -0.4 is 5.73 Å². The van der Waals surface area contributed by atoms with Crippen LogP contribution in [0.3, 0.4) is 0 Å². The van der Waals surface area contributed by atoms with E-state index in [9.17, 15) is 9.90 Å². The molecule has 82 valence electrons. The second-order valence-electron chi connectivity index (χ2n) is 3.20. The average Bonchev–Trinajstić information content (AvgIpc) is 2.10. The summed E-state index contributed by atoms with van der Waals surface area (Å²) < 4.78 is -0.882. The van der Waals surface area contributed by atoms with Gasteiger partial charge in [0.05, 0.1) is 4.47 Å². The lowest BCUT2D eigenvalue weighted by molar-refractivity contribution is -0.139. The van der Waals surface area contributed by atoms with Gasteiger partial charge in [0, 0.05) is 11.3 Å². The van der Waals surface area contributed by atoms with E-state index in [1.165, 1.54) is 19.1 Å². The van der Waals surface area contributed by atoms with Crippen LogP contribution in [0.15, 0.2) is 16.6 Å². The maximum Gasteiger partial charge on any atom is 0.324 e. The minimum Gasteiger partial charge on any atom is -0.507 e. The maximum atomic E-state index is 11.0. The molecule has 0 aliphatic rings. The molecule has 0 aliphatic carbocycles. The first-order valence-corrected chi connectivity index (χ1v) is 5.56. The SMILES string of the molecule is CC(Br)(C(=O)O)c1cc(O)c(Br)cc1N. The lowest BCUT2D eigenvalue weighted by Gasteiger charge is -2.20. The Kier molecular flexibility index (Phi) is 3.30. The van der Waals surface area contributed by atoms with Gasteiger partial charge in [-0.25, -0.2) is 0 Å². The molecule has 1 unspecified atom stereocenters. The largest absolute Gasteiger partial charge is 0.507 e. The summed E-state index contributed by atoms with van der Waals surface area (Å²) >= 11 is 6.15. The fourth-order valence-corrected chi connectivity index (χ4v) is 1.80. The zero-order chi connectivity index (χ0) is 11.8. The molecular weight excluding hydrogens is 330 g/mol. The molecule has 0 bridgehead atoms. The normalized spacial score (nSPS) is 14.6. The number of nitrogen functional groups attached to an aromatic ring is 1. The molecule has 1 atom stereocenters. The summed E-state index contributed by atoms with van der Waals surface area (Å²) in [4.78, 5) is 11.0. The highest BCUT2D eigenvalue weighted by Gasteiger charge is 2.34. The van der Waals surface area contributed by atoms with E-state index in [2.05, 4.69) is 31.9 Å². The van der Waals surface area contributed by atoms with Crippen molar-refractivity contribution in [2.75, 3.05) is 5.73 Å². The number of nitrogens with two attached hydrogens (primary N) is 1. The standard InChI is InChI=1S/C9H9Br2NO3/c1-9(11,8(14)15)4-2-7(13)5(10)3-6(4)12/h2-3,13H,12H2,1H3,(H,14,15). The van der Waals surface area contributed by atoms with Crippen molar-refractivity contribution < 1.29 is 15.0 Å². The van der Waals surface area contributed by atoms with Gasteiger partial charge in [0.2, 0.25) is 0 Å². The van der Waals surface area contributed by atoms with E-state index in [1.54, 1.807) is 0 Å². The number of carboxylic acid groups (broad SMARTS) is 1. The van der Waals surface area contributed by atoms with Crippen LogP contribution in [0.4, 0.5) is 5.69 Å². The second-order valence-corrected chi connectivity index (χ2v) is 5.64. The molecule has 0 amide bonds. The highest BCUT2D eigenvalue weighted by Crippen LogP contribution is 2.39. The summed E-state index contributed by atoms with van der Waals surface area (Å²) in [6.45, 7) is 1.45. The number of carbonyl (C=O) groups is 1. The van der Waals surface area contributed by atoms with Crippen LogP contribution in [0.2, 0.25) is 0 Å². The van der Waals surface area contributed by atoms with E-state index < -0.39 is 10.3 Å². The highest BCUT2D eigenvalue weighted by molar-refractivity contribution is 9.10. The van der Waals surface area contributed by atoms with Crippen LogP contribution >= 0.6 is 31.9 Å². The first kappa shape index (κ1) is 12.3. The van der Waals surface area contributed by atoms with Crippen molar-refractivity contribution in [3.63, 3.8) is 0 Å².